The Labute approximate surface area is 97.5 Å². The molecule has 0 aromatic rings. The molecular formula is C10H21ClN2O2. The maximum Gasteiger partial charge on any atom is 0.251 e. The summed E-state index contributed by atoms with van der Waals surface area (Å²) in [6, 6.07) is 0.265. The van der Waals surface area contributed by atoms with Crippen LogP contribution in [0.15, 0.2) is 0 Å². The molecular weight excluding hydrogens is 216 g/mol. The molecule has 1 aliphatic rings. The van der Waals surface area contributed by atoms with Gasteiger partial charge in [-0.3, -0.25) is 4.79 Å². The maximum absolute atomic E-state index is 11.8. The minimum Gasteiger partial charge on any atom is -0.372 e. The lowest BCUT2D eigenvalue weighted by Gasteiger charge is -2.32. The molecule has 90 valence electrons. The van der Waals surface area contributed by atoms with Crippen molar-refractivity contribution in [3.05, 3.63) is 0 Å². The van der Waals surface area contributed by atoms with Crippen LogP contribution < -0.4 is 5.73 Å². The molecule has 1 amide bonds. The van der Waals surface area contributed by atoms with Gasteiger partial charge in [-0.2, -0.15) is 0 Å². The summed E-state index contributed by atoms with van der Waals surface area (Å²) in [6.45, 7) is 3.52. The van der Waals surface area contributed by atoms with E-state index in [4.69, 9.17) is 10.5 Å². The first-order chi connectivity index (χ1) is 6.69. The number of amides is 1. The van der Waals surface area contributed by atoms with E-state index in [1.54, 1.807) is 7.11 Å². The number of methoxy groups -OCH3 is 1. The van der Waals surface area contributed by atoms with Crippen molar-refractivity contribution in [3.8, 4) is 0 Å². The maximum atomic E-state index is 11.8. The first-order valence-electron chi connectivity index (χ1n) is 5.26. The summed E-state index contributed by atoms with van der Waals surface area (Å²) in [7, 11) is 1.59. The Morgan fingerprint density at radius 3 is 2.47 bits per heavy atom. The summed E-state index contributed by atoms with van der Waals surface area (Å²) in [5, 5.41) is 0. The second-order valence-corrected chi connectivity index (χ2v) is 3.80. The SMILES string of the molecule is CCC(OC)C(=O)N1CCC(N)CC1.Cl. The predicted octanol–water partition coefficient (Wildman–Crippen LogP) is 0.783. The average Bonchev–Trinajstić information content (AvgIpc) is 2.20. The highest BCUT2D eigenvalue weighted by atomic mass is 35.5. The Kier molecular flexibility index (Phi) is 6.89. The van der Waals surface area contributed by atoms with Crippen LogP contribution in [0.5, 0.6) is 0 Å². The van der Waals surface area contributed by atoms with E-state index in [0.717, 1.165) is 32.4 Å². The number of rotatable bonds is 3. The topological polar surface area (TPSA) is 55.6 Å². The fourth-order valence-electron chi connectivity index (χ4n) is 1.77. The van der Waals surface area contributed by atoms with E-state index >= 15 is 0 Å². The van der Waals surface area contributed by atoms with Crippen molar-refractivity contribution in [3.63, 3.8) is 0 Å². The molecule has 1 atom stereocenters. The van der Waals surface area contributed by atoms with Gasteiger partial charge in [-0.15, -0.1) is 12.4 Å². The Hall–Kier alpha value is -0.320. The number of nitrogens with zero attached hydrogens (tertiary/aromatic N) is 1. The largest absolute Gasteiger partial charge is 0.372 e. The van der Waals surface area contributed by atoms with Crippen molar-refractivity contribution < 1.29 is 9.53 Å². The molecule has 1 rings (SSSR count). The van der Waals surface area contributed by atoms with Gasteiger partial charge >= 0.3 is 0 Å². The van der Waals surface area contributed by atoms with E-state index in [2.05, 4.69) is 0 Å². The molecule has 0 saturated carbocycles. The molecule has 1 unspecified atom stereocenters. The van der Waals surface area contributed by atoms with Crippen LogP contribution in [0.4, 0.5) is 0 Å². The van der Waals surface area contributed by atoms with Gasteiger partial charge in [0, 0.05) is 26.2 Å². The van der Waals surface area contributed by atoms with Crippen molar-refractivity contribution >= 4 is 18.3 Å². The van der Waals surface area contributed by atoms with Crippen LogP contribution in [0.2, 0.25) is 0 Å². The molecule has 1 heterocycles. The third-order valence-corrected chi connectivity index (χ3v) is 2.78. The summed E-state index contributed by atoms with van der Waals surface area (Å²) in [5.74, 6) is 0.113. The third-order valence-electron chi connectivity index (χ3n) is 2.78. The van der Waals surface area contributed by atoms with Crippen LogP contribution in [0, 0.1) is 0 Å². The highest BCUT2D eigenvalue weighted by molar-refractivity contribution is 5.85. The highest BCUT2D eigenvalue weighted by Crippen LogP contribution is 2.11. The van der Waals surface area contributed by atoms with Gasteiger partial charge < -0.3 is 15.4 Å². The highest BCUT2D eigenvalue weighted by Gasteiger charge is 2.25. The van der Waals surface area contributed by atoms with Gasteiger partial charge in [-0.25, -0.2) is 0 Å². The molecule has 1 fully saturated rings. The average molecular weight is 237 g/mol. The lowest BCUT2D eigenvalue weighted by Crippen LogP contribution is -2.47. The number of carbonyl (C=O) groups excluding carboxylic acids is 1. The standard InChI is InChI=1S/C10H20N2O2.ClH/c1-3-9(14-2)10(13)12-6-4-8(11)5-7-12;/h8-9H,3-7,11H2,1-2H3;1H. The van der Waals surface area contributed by atoms with E-state index in [-0.39, 0.29) is 30.5 Å². The Bertz CT molecular complexity index is 190. The Morgan fingerprint density at radius 1 is 1.53 bits per heavy atom. The summed E-state index contributed by atoms with van der Waals surface area (Å²) >= 11 is 0. The second kappa shape index (κ2) is 7.04. The van der Waals surface area contributed by atoms with Gasteiger partial charge in [0.1, 0.15) is 6.10 Å². The monoisotopic (exact) mass is 236 g/mol. The van der Waals surface area contributed by atoms with Crippen LogP contribution in [-0.2, 0) is 9.53 Å². The van der Waals surface area contributed by atoms with E-state index in [0.29, 0.717) is 0 Å². The summed E-state index contributed by atoms with van der Waals surface area (Å²) in [5.41, 5.74) is 5.77. The molecule has 0 radical (unpaired) electrons. The van der Waals surface area contributed by atoms with E-state index in [1.807, 2.05) is 11.8 Å². The molecule has 1 saturated heterocycles. The van der Waals surface area contributed by atoms with Gasteiger partial charge in [0.05, 0.1) is 0 Å². The van der Waals surface area contributed by atoms with E-state index in [9.17, 15) is 4.79 Å². The molecule has 2 N–H and O–H groups in total. The number of nitrogens with two attached hydrogens (primary N) is 1. The lowest BCUT2D eigenvalue weighted by molar-refractivity contribution is -0.143. The lowest BCUT2D eigenvalue weighted by atomic mass is 10.1. The van der Waals surface area contributed by atoms with E-state index < -0.39 is 0 Å². The van der Waals surface area contributed by atoms with Gasteiger partial charge in [0.15, 0.2) is 0 Å². The number of hydrogen-bond donors (Lipinski definition) is 1. The van der Waals surface area contributed by atoms with Crippen LogP contribution in [0.1, 0.15) is 26.2 Å². The molecule has 0 aromatic heterocycles. The Balaban J connectivity index is 0.00000196. The number of halogens is 1. The second-order valence-electron chi connectivity index (χ2n) is 3.80. The van der Waals surface area contributed by atoms with E-state index in [1.165, 1.54) is 0 Å². The van der Waals surface area contributed by atoms with Crippen molar-refractivity contribution in [1.29, 1.82) is 0 Å². The van der Waals surface area contributed by atoms with Crippen molar-refractivity contribution in [2.75, 3.05) is 20.2 Å². The number of hydrogen-bond acceptors (Lipinski definition) is 3. The molecule has 1 aliphatic heterocycles. The van der Waals surface area contributed by atoms with Crippen LogP contribution in [0.3, 0.4) is 0 Å². The molecule has 0 bridgehead atoms. The minimum absolute atomic E-state index is 0. The van der Waals surface area contributed by atoms with Crippen molar-refractivity contribution in [1.82, 2.24) is 4.90 Å². The van der Waals surface area contributed by atoms with Gasteiger partial charge in [-0.05, 0) is 19.3 Å². The molecule has 0 aromatic carbocycles. The van der Waals surface area contributed by atoms with Crippen molar-refractivity contribution in [2.45, 2.75) is 38.3 Å². The summed E-state index contributed by atoms with van der Waals surface area (Å²) < 4.78 is 5.12. The fraction of sp³-hybridized carbons (Fsp3) is 0.900. The third kappa shape index (κ3) is 3.97. The summed E-state index contributed by atoms with van der Waals surface area (Å²) in [6.07, 6.45) is 2.28. The number of ether oxygens (including phenoxy) is 1. The van der Waals surface area contributed by atoms with Gasteiger partial charge in [0.25, 0.3) is 5.91 Å². The van der Waals surface area contributed by atoms with Crippen molar-refractivity contribution in [2.24, 2.45) is 5.73 Å². The first kappa shape index (κ1) is 14.7. The Morgan fingerprint density at radius 2 is 2.07 bits per heavy atom. The molecule has 15 heavy (non-hydrogen) atoms. The number of carbonyl (C=O) groups is 1. The van der Waals surface area contributed by atoms with Gasteiger partial charge in [-0.1, -0.05) is 6.92 Å². The zero-order valence-electron chi connectivity index (χ0n) is 9.44. The number of likely N-dealkylation sites (tertiary alicyclic amines) is 1. The fourth-order valence-corrected chi connectivity index (χ4v) is 1.77. The molecule has 5 heteroatoms. The minimum atomic E-state index is -0.274. The molecule has 4 nitrogen and oxygen atoms in total. The van der Waals surface area contributed by atoms with Crippen LogP contribution >= 0.6 is 12.4 Å². The molecule has 0 spiro atoms. The van der Waals surface area contributed by atoms with Gasteiger partial charge in [0.2, 0.25) is 0 Å². The number of piperidine rings is 1. The first-order valence-corrected chi connectivity index (χ1v) is 5.26. The summed E-state index contributed by atoms with van der Waals surface area (Å²) in [4.78, 5) is 13.7. The molecule has 0 aliphatic carbocycles. The normalized spacial score (nSPS) is 19.5. The van der Waals surface area contributed by atoms with Crippen LogP contribution in [0.25, 0.3) is 0 Å². The zero-order chi connectivity index (χ0) is 10.6. The van der Waals surface area contributed by atoms with Crippen LogP contribution in [-0.4, -0.2) is 43.2 Å². The quantitative estimate of drug-likeness (QED) is 0.788. The predicted molar refractivity (Wildman–Crippen MR) is 62.1 cm³/mol. The zero-order valence-corrected chi connectivity index (χ0v) is 10.3. The smallest absolute Gasteiger partial charge is 0.251 e.